The fraction of sp³-hybridized carbons (Fsp3) is 0.500. The van der Waals surface area contributed by atoms with Gasteiger partial charge in [0.15, 0.2) is 5.11 Å². The van der Waals surface area contributed by atoms with Crippen molar-refractivity contribution in [3.05, 3.63) is 36.2 Å². The van der Waals surface area contributed by atoms with Crippen LogP contribution in [0.3, 0.4) is 0 Å². The number of benzene rings is 1. The molecule has 1 aliphatic rings. The monoisotopic (exact) mass is 607 g/mol. The van der Waals surface area contributed by atoms with Crippen LogP contribution in [0.1, 0.15) is 44.2 Å². The number of anilines is 1. The topological polar surface area (TPSA) is 199 Å². The molecule has 2 heterocycles. The molecular formula is C26H34FN7O7S. The molecule has 0 aliphatic carbocycles. The molecule has 1 aromatic heterocycles. The molecule has 0 spiro atoms. The van der Waals surface area contributed by atoms with Gasteiger partial charge in [0.1, 0.15) is 12.1 Å². The normalized spacial score (nSPS) is 14.9. The number of rotatable bonds is 14. The molecule has 3 rings (SSSR count). The van der Waals surface area contributed by atoms with Crippen LogP contribution >= 0.6 is 12.2 Å². The van der Waals surface area contributed by atoms with Crippen molar-refractivity contribution >= 4 is 47.0 Å². The van der Waals surface area contributed by atoms with Crippen molar-refractivity contribution in [1.82, 2.24) is 30.5 Å². The van der Waals surface area contributed by atoms with E-state index in [1.807, 2.05) is 29.2 Å². The molecule has 1 aromatic carbocycles. The minimum Gasteiger partial charge on any atom is -0.481 e. The van der Waals surface area contributed by atoms with Crippen LogP contribution in [0.4, 0.5) is 14.9 Å². The van der Waals surface area contributed by atoms with Crippen molar-refractivity contribution in [3.63, 3.8) is 0 Å². The Labute approximate surface area is 246 Å². The van der Waals surface area contributed by atoms with E-state index in [0.29, 0.717) is 49.6 Å². The average molecular weight is 608 g/mol. The third-order valence-electron chi connectivity index (χ3n) is 6.81. The highest BCUT2D eigenvalue weighted by Crippen LogP contribution is 2.23. The Hall–Kier alpha value is -4.34. The number of alkyl halides is 1. The first-order chi connectivity index (χ1) is 20.0. The van der Waals surface area contributed by atoms with Gasteiger partial charge in [0.25, 0.3) is 0 Å². The standard InChI is InChI=1S/C26H34FN7O7S/c27-11-1-2-18-15-34(32-31-18)19-5-3-17(4-6-19)28-26(42)33-12-9-16(10-13-33)14-21(24(39)40)30-25(41)29-20(23(37)38)7-8-22(35)36/h3-6,15-16,20-21H,1-2,7-14H2,(H,28,42)(H,35,36)(H,37,38)(H,39,40)(H2,29,30,41)/t20-,21-/m0/s1. The van der Waals surface area contributed by atoms with Crippen molar-refractivity contribution in [2.24, 2.45) is 5.92 Å². The van der Waals surface area contributed by atoms with E-state index in [2.05, 4.69) is 26.3 Å². The van der Waals surface area contributed by atoms with Crippen LogP contribution in [0.25, 0.3) is 5.69 Å². The zero-order valence-electron chi connectivity index (χ0n) is 22.7. The predicted molar refractivity (Wildman–Crippen MR) is 152 cm³/mol. The van der Waals surface area contributed by atoms with E-state index in [-0.39, 0.29) is 18.8 Å². The Morgan fingerprint density at radius 1 is 1.02 bits per heavy atom. The van der Waals surface area contributed by atoms with Crippen molar-refractivity contribution in [2.45, 2.75) is 57.0 Å². The number of thiocarbonyl (C=S) groups is 1. The summed E-state index contributed by atoms with van der Waals surface area (Å²) in [7, 11) is 0. The molecule has 228 valence electrons. The number of carbonyl (C=O) groups is 4. The van der Waals surface area contributed by atoms with Gasteiger partial charge in [-0.15, -0.1) is 5.10 Å². The number of urea groups is 1. The second kappa shape index (κ2) is 15.6. The summed E-state index contributed by atoms with van der Waals surface area (Å²) in [6, 6.07) is 3.70. The summed E-state index contributed by atoms with van der Waals surface area (Å²) >= 11 is 5.56. The predicted octanol–water partition coefficient (Wildman–Crippen LogP) is 2.04. The number of aliphatic carboxylic acids is 3. The van der Waals surface area contributed by atoms with Gasteiger partial charge in [-0.3, -0.25) is 9.18 Å². The molecule has 2 atom stereocenters. The molecule has 1 aliphatic heterocycles. The Bertz CT molecular complexity index is 1250. The maximum absolute atomic E-state index is 12.4. The van der Waals surface area contributed by atoms with E-state index in [0.717, 1.165) is 11.4 Å². The Kier molecular flexibility index (Phi) is 12.0. The van der Waals surface area contributed by atoms with E-state index in [1.165, 1.54) is 0 Å². The van der Waals surface area contributed by atoms with Gasteiger partial charge in [0, 0.05) is 25.2 Å². The van der Waals surface area contributed by atoms with E-state index in [4.69, 9.17) is 17.3 Å². The first-order valence-electron chi connectivity index (χ1n) is 13.4. The Morgan fingerprint density at radius 3 is 2.26 bits per heavy atom. The van der Waals surface area contributed by atoms with E-state index in [1.54, 1.807) is 10.9 Å². The second-order valence-electron chi connectivity index (χ2n) is 9.92. The molecule has 42 heavy (non-hydrogen) atoms. The number of aryl methyl sites for hydroxylation is 1. The summed E-state index contributed by atoms with van der Waals surface area (Å²) in [5.41, 5.74) is 2.28. The molecule has 2 amide bonds. The van der Waals surface area contributed by atoms with Crippen LogP contribution in [0, 0.1) is 5.92 Å². The maximum atomic E-state index is 12.4. The van der Waals surface area contributed by atoms with Gasteiger partial charge in [-0.05, 0) is 80.9 Å². The zero-order chi connectivity index (χ0) is 30.6. The van der Waals surface area contributed by atoms with Gasteiger partial charge in [-0.2, -0.15) is 0 Å². The van der Waals surface area contributed by atoms with E-state index in [9.17, 15) is 33.8 Å². The Balaban J connectivity index is 1.46. The van der Waals surface area contributed by atoms with Gasteiger partial charge >= 0.3 is 23.9 Å². The smallest absolute Gasteiger partial charge is 0.326 e. The average Bonchev–Trinajstić information content (AvgIpc) is 3.43. The summed E-state index contributed by atoms with van der Waals surface area (Å²) in [6.07, 6.45) is 3.28. The zero-order valence-corrected chi connectivity index (χ0v) is 23.6. The molecule has 1 saturated heterocycles. The van der Waals surface area contributed by atoms with Crippen molar-refractivity contribution in [2.75, 3.05) is 25.1 Å². The lowest BCUT2D eigenvalue weighted by molar-refractivity contribution is -0.141. The number of aromatic nitrogens is 3. The highest BCUT2D eigenvalue weighted by Gasteiger charge is 2.29. The number of hydrogen-bond acceptors (Lipinski definition) is 7. The first kappa shape index (κ1) is 32.2. The van der Waals surface area contributed by atoms with Gasteiger partial charge in [0.2, 0.25) is 0 Å². The molecule has 16 heteroatoms. The van der Waals surface area contributed by atoms with Gasteiger partial charge in [-0.1, -0.05) is 5.21 Å². The van der Waals surface area contributed by atoms with Gasteiger partial charge in [0.05, 0.1) is 24.3 Å². The number of likely N-dealkylation sites (tertiary alicyclic amines) is 1. The molecule has 6 N–H and O–H groups in total. The lowest BCUT2D eigenvalue weighted by Crippen LogP contribution is -2.52. The number of nitrogens with zero attached hydrogens (tertiary/aromatic N) is 4. The number of carbonyl (C=O) groups excluding carboxylic acids is 1. The number of hydrogen-bond donors (Lipinski definition) is 6. The molecule has 0 saturated carbocycles. The van der Waals surface area contributed by atoms with Crippen LogP contribution in [0.2, 0.25) is 0 Å². The number of nitrogens with one attached hydrogen (secondary N) is 3. The van der Waals surface area contributed by atoms with Crippen molar-refractivity contribution in [1.29, 1.82) is 0 Å². The van der Waals surface area contributed by atoms with E-state index < -0.39 is 49.1 Å². The van der Waals surface area contributed by atoms with Crippen LogP contribution in [0.5, 0.6) is 0 Å². The largest absolute Gasteiger partial charge is 0.481 e. The molecule has 2 aromatic rings. The highest BCUT2D eigenvalue weighted by atomic mass is 32.1. The lowest BCUT2D eigenvalue weighted by Gasteiger charge is -2.34. The molecular weight excluding hydrogens is 573 g/mol. The third-order valence-corrected chi connectivity index (χ3v) is 7.18. The summed E-state index contributed by atoms with van der Waals surface area (Å²) < 4.78 is 14.0. The van der Waals surface area contributed by atoms with Crippen LogP contribution in [-0.4, -0.2) is 96.1 Å². The molecule has 1 fully saturated rings. The summed E-state index contributed by atoms with van der Waals surface area (Å²) in [5, 5.41) is 43.8. The second-order valence-corrected chi connectivity index (χ2v) is 10.3. The SMILES string of the molecule is O=C(O)CC[C@H](NC(=O)N[C@@H](CC1CCN(C(=S)Nc2ccc(-n3cc(CCCF)nn3)cc2)CC1)C(=O)O)C(=O)O. The molecule has 14 nitrogen and oxygen atoms in total. The van der Waals surface area contributed by atoms with Crippen molar-refractivity contribution < 1.29 is 38.9 Å². The van der Waals surface area contributed by atoms with Crippen LogP contribution in [0.15, 0.2) is 30.5 Å². The summed E-state index contributed by atoms with van der Waals surface area (Å²) in [4.78, 5) is 48.0. The summed E-state index contributed by atoms with van der Waals surface area (Å²) in [5.74, 6) is -3.91. The molecule has 0 radical (unpaired) electrons. The quantitative estimate of drug-likeness (QED) is 0.171. The number of carboxylic acid groups (broad SMARTS) is 3. The molecule has 0 unspecified atom stereocenters. The first-order valence-corrected chi connectivity index (χ1v) is 13.8. The number of carboxylic acids is 3. The van der Waals surface area contributed by atoms with Crippen molar-refractivity contribution in [3.8, 4) is 5.69 Å². The van der Waals surface area contributed by atoms with Gasteiger partial charge < -0.3 is 36.2 Å². The maximum Gasteiger partial charge on any atom is 0.326 e. The molecule has 0 bridgehead atoms. The van der Waals surface area contributed by atoms with Crippen LogP contribution < -0.4 is 16.0 Å². The van der Waals surface area contributed by atoms with Crippen LogP contribution in [-0.2, 0) is 20.8 Å². The van der Waals surface area contributed by atoms with E-state index >= 15 is 0 Å². The fourth-order valence-electron chi connectivity index (χ4n) is 4.50. The lowest BCUT2D eigenvalue weighted by atomic mass is 9.90. The third kappa shape index (κ3) is 9.94. The summed E-state index contributed by atoms with van der Waals surface area (Å²) in [6.45, 7) is 0.743. The Morgan fingerprint density at radius 2 is 1.67 bits per heavy atom. The number of amides is 2. The number of halogens is 1. The number of piperidine rings is 1. The minimum absolute atomic E-state index is 0.0236. The minimum atomic E-state index is -1.46. The highest BCUT2D eigenvalue weighted by molar-refractivity contribution is 7.80. The fourth-order valence-corrected chi connectivity index (χ4v) is 4.80. The van der Waals surface area contributed by atoms with Gasteiger partial charge in [-0.25, -0.2) is 19.1 Å².